The standard InChI is InChI=1S/C19H20FN5O2/c1-12-15(13(2)27-23-12)11-24-5-7-25(8-6-24)19(26)14-9-17-18(10-16(14)20)22-4-3-21-17/h3-4,9-10H,5-8,11H2,1-2H3. The van der Waals surface area contributed by atoms with E-state index >= 15 is 0 Å². The number of fused-ring (bicyclic) bond motifs is 1. The monoisotopic (exact) mass is 369 g/mol. The van der Waals surface area contributed by atoms with Crippen LogP contribution in [0.1, 0.15) is 27.4 Å². The van der Waals surface area contributed by atoms with E-state index in [1.807, 2.05) is 13.8 Å². The molecular weight excluding hydrogens is 349 g/mol. The number of hydrogen-bond donors (Lipinski definition) is 0. The molecule has 1 aliphatic heterocycles. The minimum absolute atomic E-state index is 0.0437. The van der Waals surface area contributed by atoms with Gasteiger partial charge in [0.25, 0.3) is 5.91 Å². The van der Waals surface area contributed by atoms with Crippen molar-refractivity contribution in [2.24, 2.45) is 0 Å². The molecule has 0 aliphatic carbocycles. The Balaban J connectivity index is 1.45. The molecule has 4 rings (SSSR count). The molecule has 1 aromatic carbocycles. The van der Waals surface area contributed by atoms with Crippen molar-refractivity contribution in [2.75, 3.05) is 26.2 Å². The van der Waals surface area contributed by atoms with Gasteiger partial charge in [-0.05, 0) is 19.9 Å². The maximum Gasteiger partial charge on any atom is 0.256 e. The molecule has 1 fully saturated rings. The molecule has 1 saturated heterocycles. The maximum absolute atomic E-state index is 14.4. The van der Waals surface area contributed by atoms with E-state index in [2.05, 4.69) is 20.0 Å². The molecule has 0 bridgehead atoms. The highest BCUT2D eigenvalue weighted by Crippen LogP contribution is 2.20. The van der Waals surface area contributed by atoms with Crippen molar-refractivity contribution in [1.29, 1.82) is 0 Å². The van der Waals surface area contributed by atoms with Crippen molar-refractivity contribution < 1.29 is 13.7 Å². The van der Waals surface area contributed by atoms with Crippen LogP contribution >= 0.6 is 0 Å². The Hall–Kier alpha value is -2.87. The molecule has 3 heterocycles. The van der Waals surface area contributed by atoms with E-state index < -0.39 is 5.82 Å². The fourth-order valence-corrected chi connectivity index (χ4v) is 3.38. The van der Waals surface area contributed by atoms with Gasteiger partial charge in [0.2, 0.25) is 0 Å². The highest BCUT2D eigenvalue weighted by molar-refractivity contribution is 5.97. The summed E-state index contributed by atoms with van der Waals surface area (Å²) in [5.74, 6) is -0.0476. The first-order chi connectivity index (χ1) is 13.0. The number of halogens is 1. The maximum atomic E-state index is 14.4. The first-order valence-corrected chi connectivity index (χ1v) is 8.86. The lowest BCUT2D eigenvalue weighted by Crippen LogP contribution is -2.48. The van der Waals surface area contributed by atoms with E-state index in [0.717, 1.165) is 23.6 Å². The van der Waals surface area contributed by atoms with Gasteiger partial charge in [-0.3, -0.25) is 19.7 Å². The molecule has 3 aromatic rings. The van der Waals surface area contributed by atoms with Crippen molar-refractivity contribution in [3.05, 3.63) is 52.9 Å². The first kappa shape index (κ1) is 17.5. The third kappa shape index (κ3) is 3.40. The third-order valence-corrected chi connectivity index (χ3v) is 5.01. The topological polar surface area (TPSA) is 75.4 Å². The largest absolute Gasteiger partial charge is 0.361 e. The SMILES string of the molecule is Cc1noc(C)c1CN1CCN(C(=O)c2cc3nccnc3cc2F)CC1. The summed E-state index contributed by atoms with van der Waals surface area (Å²) in [6.07, 6.45) is 3.03. The Labute approximate surface area is 155 Å². The molecule has 8 heteroatoms. The van der Waals surface area contributed by atoms with Gasteiger partial charge in [0.15, 0.2) is 0 Å². The first-order valence-electron chi connectivity index (χ1n) is 8.86. The van der Waals surface area contributed by atoms with E-state index in [-0.39, 0.29) is 11.5 Å². The second-order valence-corrected chi connectivity index (χ2v) is 6.75. The highest BCUT2D eigenvalue weighted by Gasteiger charge is 2.25. The molecule has 0 N–H and O–H groups in total. The number of benzene rings is 1. The van der Waals surface area contributed by atoms with Crippen LogP contribution in [-0.4, -0.2) is 57.0 Å². The number of rotatable bonds is 3. The highest BCUT2D eigenvalue weighted by atomic mass is 19.1. The Morgan fingerprint density at radius 1 is 1.11 bits per heavy atom. The minimum Gasteiger partial charge on any atom is -0.361 e. The smallest absolute Gasteiger partial charge is 0.256 e. The van der Waals surface area contributed by atoms with Crippen LogP contribution in [0.5, 0.6) is 0 Å². The number of carbonyl (C=O) groups is 1. The molecule has 1 amide bonds. The molecule has 0 radical (unpaired) electrons. The van der Waals surface area contributed by atoms with Gasteiger partial charge in [-0.25, -0.2) is 4.39 Å². The lowest BCUT2D eigenvalue weighted by molar-refractivity contribution is 0.0623. The van der Waals surface area contributed by atoms with Gasteiger partial charge in [0.1, 0.15) is 11.6 Å². The van der Waals surface area contributed by atoms with E-state index in [0.29, 0.717) is 37.2 Å². The van der Waals surface area contributed by atoms with Gasteiger partial charge in [-0.1, -0.05) is 5.16 Å². The lowest BCUT2D eigenvalue weighted by Gasteiger charge is -2.34. The van der Waals surface area contributed by atoms with Crippen molar-refractivity contribution in [1.82, 2.24) is 24.9 Å². The number of hydrogen-bond acceptors (Lipinski definition) is 6. The number of piperazine rings is 1. The molecule has 27 heavy (non-hydrogen) atoms. The summed E-state index contributed by atoms with van der Waals surface area (Å²) in [7, 11) is 0. The van der Waals surface area contributed by atoms with Crippen LogP contribution in [0.2, 0.25) is 0 Å². The van der Waals surface area contributed by atoms with Gasteiger partial charge in [0.05, 0.1) is 22.3 Å². The van der Waals surface area contributed by atoms with E-state index in [1.165, 1.54) is 24.5 Å². The third-order valence-electron chi connectivity index (χ3n) is 5.01. The van der Waals surface area contributed by atoms with Gasteiger partial charge >= 0.3 is 0 Å². The zero-order valence-electron chi connectivity index (χ0n) is 15.3. The molecule has 0 atom stereocenters. The van der Waals surface area contributed by atoms with Crippen molar-refractivity contribution in [2.45, 2.75) is 20.4 Å². The average molecular weight is 369 g/mol. The zero-order valence-corrected chi connectivity index (χ0v) is 15.3. The number of carbonyl (C=O) groups excluding carboxylic acids is 1. The van der Waals surface area contributed by atoms with E-state index in [9.17, 15) is 9.18 Å². The predicted octanol–water partition coefficient (Wildman–Crippen LogP) is 2.33. The van der Waals surface area contributed by atoms with Crippen LogP contribution in [0.4, 0.5) is 4.39 Å². The Kier molecular flexibility index (Phi) is 4.57. The fraction of sp³-hybridized carbons (Fsp3) is 0.368. The Morgan fingerprint density at radius 2 is 1.78 bits per heavy atom. The molecule has 2 aromatic heterocycles. The second-order valence-electron chi connectivity index (χ2n) is 6.75. The lowest BCUT2D eigenvalue weighted by atomic mass is 10.1. The van der Waals surface area contributed by atoms with Gasteiger partial charge in [-0.2, -0.15) is 0 Å². The molecule has 0 spiro atoms. The second kappa shape index (κ2) is 7.03. The van der Waals surface area contributed by atoms with Crippen LogP contribution < -0.4 is 0 Å². The van der Waals surface area contributed by atoms with Gasteiger partial charge in [0, 0.05) is 56.7 Å². The zero-order chi connectivity index (χ0) is 19.0. The molecule has 140 valence electrons. The predicted molar refractivity (Wildman–Crippen MR) is 96.7 cm³/mol. The van der Waals surface area contributed by atoms with Gasteiger partial charge in [-0.15, -0.1) is 0 Å². The van der Waals surface area contributed by atoms with E-state index in [4.69, 9.17) is 4.52 Å². The molecule has 7 nitrogen and oxygen atoms in total. The summed E-state index contributed by atoms with van der Waals surface area (Å²) >= 11 is 0. The Bertz CT molecular complexity index is 975. The van der Waals surface area contributed by atoms with Crippen molar-refractivity contribution in [3.63, 3.8) is 0 Å². The summed E-state index contributed by atoms with van der Waals surface area (Å²) in [6.45, 7) is 7.08. The van der Waals surface area contributed by atoms with Crippen LogP contribution in [0.3, 0.4) is 0 Å². The van der Waals surface area contributed by atoms with Crippen LogP contribution in [0, 0.1) is 19.7 Å². The number of nitrogens with zero attached hydrogens (tertiary/aromatic N) is 5. The summed E-state index contributed by atoms with van der Waals surface area (Å²) in [4.78, 5) is 24.9. The molecule has 0 saturated carbocycles. The van der Waals surface area contributed by atoms with Crippen LogP contribution in [0.15, 0.2) is 29.0 Å². The number of amides is 1. The molecular formula is C19H20FN5O2. The summed E-state index contributed by atoms with van der Waals surface area (Å²) in [5, 5.41) is 3.98. The average Bonchev–Trinajstić information content (AvgIpc) is 2.99. The van der Waals surface area contributed by atoms with E-state index in [1.54, 1.807) is 4.90 Å². The normalized spacial score (nSPS) is 15.4. The van der Waals surface area contributed by atoms with Crippen LogP contribution in [0.25, 0.3) is 11.0 Å². The van der Waals surface area contributed by atoms with Crippen LogP contribution in [-0.2, 0) is 6.54 Å². The Morgan fingerprint density at radius 3 is 2.41 bits per heavy atom. The fourth-order valence-electron chi connectivity index (χ4n) is 3.38. The summed E-state index contributed by atoms with van der Waals surface area (Å²) in [6, 6.07) is 2.75. The minimum atomic E-state index is -0.564. The van der Waals surface area contributed by atoms with Crippen molar-refractivity contribution >= 4 is 16.9 Å². The summed E-state index contributed by atoms with van der Waals surface area (Å²) < 4.78 is 19.6. The quantitative estimate of drug-likeness (QED) is 0.705. The molecule has 0 unspecified atom stereocenters. The van der Waals surface area contributed by atoms with Gasteiger partial charge < -0.3 is 9.42 Å². The number of aromatic nitrogens is 3. The summed E-state index contributed by atoms with van der Waals surface area (Å²) in [5.41, 5.74) is 2.98. The van der Waals surface area contributed by atoms with Crippen molar-refractivity contribution in [3.8, 4) is 0 Å². The number of aryl methyl sites for hydroxylation is 2. The molecule has 1 aliphatic rings.